The van der Waals surface area contributed by atoms with Gasteiger partial charge in [-0.1, -0.05) is 179 Å². The van der Waals surface area contributed by atoms with E-state index in [1.54, 1.807) is 11.8 Å². The van der Waals surface area contributed by atoms with Crippen LogP contribution in [0.1, 0.15) is 174 Å². The van der Waals surface area contributed by atoms with Crippen molar-refractivity contribution >= 4 is 17.5 Å². The molecule has 1 rings (SSSR count). The number of benzene rings is 1. The predicted molar refractivity (Wildman–Crippen MR) is 242 cm³/mol. The van der Waals surface area contributed by atoms with Crippen molar-refractivity contribution in [3.8, 4) is 0 Å². The van der Waals surface area contributed by atoms with Crippen LogP contribution in [0.3, 0.4) is 0 Å². The van der Waals surface area contributed by atoms with E-state index in [9.17, 15) is 0 Å². The highest BCUT2D eigenvalue weighted by Gasteiger charge is 2.05. The number of unbranched alkanes of at least 4 members (excludes halogenated alkanes) is 16. The van der Waals surface area contributed by atoms with E-state index in [4.69, 9.17) is 0 Å². The molecule has 0 spiro atoms. The van der Waals surface area contributed by atoms with Gasteiger partial charge in [0.05, 0.1) is 5.71 Å². The first-order valence-electron chi connectivity index (χ1n) is 21.2. The molecule has 0 fully saturated rings. The maximum absolute atomic E-state index is 4.68. The summed E-state index contributed by atoms with van der Waals surface area (Å²) in [6.07, 6.45) is 36.1. The first-order chi connectivity index (χ1) is 25.3. The maximum atomic E-state index is 4.68. The van der Waals surface area contributed by atoms with E-state index in [2.05, 4.69) is 112 Å². The van der Waals surface area contributed by atoms with Crippen LogP contribution in [-0.4, -0.2) is 49.3 Å². The van der Waals surface area contributed by atoms with Crippen LogP contribution in [0.25, 0.3) is 0 Å². The van der Waals surface area contributed by atoms with Crippen molar-refractivity contribution in [2.45, 2.75) is 174 Å². The molecule has 0 amide bonds. The van der Waals surface area contributed by atoms with Gasteiger partial charge in [-0.2, -0.15) is 16.9 Å². The third-order valence-electron chi connectivity index (χ3n) is 9.04. The third-order valence-corrected chi connectivity index (χ3v) is 10.0. The van der Waals surface area contributed by atoms with Gasteiger partial charge in [-0.15, -0.1) is 13.2 Å². The van der Waals surface area contributed by atoms with Crippen LogP contribution in [-0.2, 0) is 0 Å². The second-order valence-electron chi connectivity index (χ2n) is 14.4. The molecule has 1 atom stereocenters. The van der Waals surface area contributed by atoms with Gasteiger partial charge in [-0.05, 0) is 64.4 Å². The molecule has 0 radical (unpaired) electrons. The molecule has 0 saturated heterocycles. The van der Waals surface area contributed by atoms with E-state index < -0.39 is 0 Å². The molecule has 300 valence electrons. The molecule has 52 heavy (non-hydrogen) atoms. The average molecular weight is 739 g/mol. The van der Waals surface area contributed by atoms with Gasteiger partial charge in [0.1, 0.15) is 0 Å². The highest BCUT2D eigenvalue weighted by molar-refractivity contribution is 7.99. The molecule has 0 heterocycles. The lowest BCUT2D eigenvalue weighted by Gasteiger charge is -2.13. The Bertz CT molecular complexity index is 959. The second-order valence-corrected chi connectivity index (χ2v) is 15.5. The molecule has 1 aromatic carbocycles. The lowest BCUT2D eigenvalue weighted by molar-refractivity contribution is 0.409. The Morgan fingerprint density at radius 2 is 1.19 bits per heavy atom. The van der Waals surface area contributed by atoms with Crippen LogP contribution < -0.4 is 10.7 Å². The highest BCUT2D eigenvalue weighted by atomic mass is 32.2. The number of nitrogens with one attached hydrogen (secondary N) is 2. The van der Waals surface area contributed by atoms with Crippen molar-refractivity contribution in [1.29, 1.82) is 0 Å². The molecule has 1 aromatic rings. The van der Waals surface area contributed by atoms with Crippen molar-refractivity contribution in [2.75, 3.05) is 33.4 Å². The molecule has 0 aliphatic rings. The quantitative estimate of drug-likeness (QED) is 0.0326. The molecular weight excluding hydrogens is 653 g/mol. The molecule has 2 N–H and O–H groups in total. The van der Waals surface area contributed by atoms with Crippen LogP contribution in [0.5, 0.6) is 0 Å². The van der Waals surface area contributed by atoms with Gasteiger partial charge < -0.3 is 10.2 Å². The second kappa shape index (κ2) is 41.5. The van der Waals surface area contributed by atoms with Gasteiger partial charge in [-0.25, -0.2) is 0 Å². The van der Waals surface area contributed by atoms with Crippen LogP contribution in [0.15, 0.2) is 85.3 Å². The third kappa shape index (κ3) is 37.5. The summed E-state index contributed by atoms with van der Waals surface area (Å²) in [5.41, 5.74) is 7.56. The molecule has 4 nitrogen and oxygen atoms in total. The smallest absolute Gasteiger partial charge is 0.0679 e. The Kier molecular flexibility index (Phi) is 41.4. The number of rotatable bonds is 33. The molecule has 1 unspecified atom stereocenters. The molecule has 0 bridgehead atoms. The van der Waals surface area contributed by atoms with Gasteiger partial charge in [0.15, 0.2) is 0 Å². The van der Waals surface area contributed by atoms with Gasteiger partial charge in [0, 0.05) is 36.2 Å². The molecular formula is C47H86N4S. The first-order valence-corrected chi connectivity index (χ1v) is 22.5. The summed E-state index contributed by atoms with van der Waals surface area (Å²) in [5, 5.41) is 8.74. The lowest BCUT2D eigenvalue weighted by atomic mass is 10.0. The van der Waals surface area contributed by atoms with Gasteiger partial charge in [0.25, 0.3) is 0 Å². The SMILES string of the molecule is C=C(CCCC/C(=N/NC(=C)CCN(C)C)c1ccccc1)NCCCCCCC.C=CCC(C=C)SC.CCCCCCCCCCCCCC. The Morgan fingerprint density at radius 1 is 0.692 bits per heavy atom. The van der Waals surface area contributed by atoms with E-state index in [0.29, 0.717) is 5.25 Å². The minimum atomic E-state index is 0.562. The lowest BCUT2D eigenvalue weighted by Crippen LogP contribution is -2.18. The summed E-state index contributed by atoms with van der Waals surface area (Å²) < 4.78 is 0. The zero-order chi connectivity index (χ0) is 38.9. The number of hydrazone groups is 1. The van der Waals surface area contributed by atoms with Gasteiger partial charge in [0.2, 0.25) is 0 Å². The largest absolute Gasteiger partial charge is 0.389 e. The number of hydrogen-bond acceptors (Lipinski definition) is 5. The molecule has 5 heteroatoms. The number of thioether (sulfide) groups is 1. The zero-order valence-corrected chi connectivity index (χ0v) is 36.2. The van der Waals surface area contributed by atoms with E-state index in [1.165, 1.54) is 120 Å². The summed E-state index contributed by atoms with van der Waals surface area (Å²) in [4.78, 5) is 2.15. The van der Waals surface area contributed by atoms with Crippen LogP contribution in [0.2, 0.25) is 0 Å². The normalized spacial score (nSPS) is 11.5. The van der Waals surface area contributed by atoms with E-state index in [-0.39, 0.29) is 0 Å². The van der Waals surface area contributed by atoms with Crippen LogP contribution in [0.4, 0.5) is 0 Å². The topological polar surface area (TPSA) is 39.7 Å². The minimum absolute atomic E-state index is 0.562. The fraction of sp³-hybridized carbons (Fsp3) is 0.681. The first kappa shape index (κ1) is 51.9. The monoisotopic (exact) mass is 739 g/mol. The maximum Gasteiger partial charge on any atom is 0.0679 e. The molecule has 0 aromatic heterocycles. The molecule has 0 aliphatic heterocycles. The Morgan fingerprint density at radius 3 is 1.63 bits per heavy atom. The average Bonchev–Trinajstić information content (AvgIpc) is 3.15. The summed E-state index contributed by atoms with van der Waals surface area (Å²) >= 11 is 1.81. The summed E-state index contributed by atoms with van der Waals surface area (Å²) in [7, 11) is 4.14. The minimum Gasteiger partial charge on any atom is -0.389 e. The number of nitrogens with zero attached hydrogens (tertiary/aromatic N) is 2. The standard InChI is InChI=1S/C26H44N4.C14H30.C7H12S/c1-6-7-8-9-15-21-27-23(2)16-13-14-19-26(25-17-11-10-12-18-25)29-28-24(3)20-22-30(4)5;1-3-5-7-9-11-13-14-12-10-8-6-4-2;1-4-6-7(5-2)8-3/h10-12,17-18,27-28H,2-3,6-9,13-16,19-22H2,1,4-5H3;3-14H2,1-2H3;4-5,7H,1-2,6H2,3H3/b29-26-;;. The fourth-order valence-electron chi connectivity index (χ4n) is 5.54. The van der Waals surface area contributed by atoms with Crippen molar-refractivity contribution in [3.05, 3.63) is 85.8 Å². The van der Waals surface area contributed by atoms with Gasteiger partial charge in [-0.3, -0.25) is 5.43 Å². The van der Waals surface area contributed by atoms with Crippen molar-refractivity contribution in [3.63, 3.8) is 0 Å². The van der Waals surface area contributed by atoms with Crippen molar-refractivity contribution < 1.29 is 0 Å². The Labute approximate surface area is 329 Å². The molecule has 0 saturated carbocycles. The van der Waals surface area contributed by atoms with Crippen molar-refractivity contribution in [2.24, 2.45) is 5.10 Å². The highest BCUT2D eigenvalue weighted by Crippen LogP contribution is 2.14. The van der Waals surface area contributed by atoms with Crippen molar-refractivity contribution in [1.82, 2.24) is 15.6 Å². The van der Waals surface area contributed by atoms with E-state index >= 15 is 0 Å². The predicted octanol–water partition coefficient (Wildman–Crippen LogP) is 14.3. The summed E-state index contributed by atoms with van der Waals surface area (Å²) in [6.45, 7) is 24.5. The zero-order valence-electron chi connectivity index (χ0n) is 35.4. The summed E-state index contributed by atoms with van der Waals surface area (Å²) in [5.74, 6) is 0. The fourth-order valence-corrected chi connectivity index (χ4v) is 6.06. The van der Waals surface area contributed by atoms with E-state index in [0.717, 1.165) is 63.0 Å². The Hall–Kier alpha value is -2.24. The molecule has 0 aliphatic carbocycles. The van der Waals surface area contributed by atoms with Gasteiger partial charge >= 0.3 is 0 Å². The Balaban J connectivity index is 0. The summed E-state index contributed by atoms with van der Waals surface area (Å²) in [6, 6.07) is 10.4. The number of allylic oxidation sites excluding steroid dienone is 2. The number of hydrogen-bond donors (Lipinski definition) is 2. The van der Waals surface area contributed by atoms with Crippen LogP contribution in [0, 0.1) is 0 Å². The van der Waals surface area contributed by atoms with E-state index in [1.807, 2.05) is 18.2 Å². The van der Waals surface area contributed by atoms with Crippen LogP contribution >= 0.6 is 11.8 Å².